The summed E-state index contributed by atoms with van der Waals surface area (Å²) in [5.74, 6) is 0.789. The van der Waals surface area contributed by atoms with Crippen molar-refractivity contribution < 1.29 is 4.74 Å². The molecule has 0 spiro atoms. The largest absolute Gasteiger partial charge is 0.496 e. The van der Waals surface area contributed by atoms with Crippen molar-refractivity contribution in [2.45, 2.75) is 12.5 Å². The molecule has 1 atom stereocenters. The summed E-state index contributed by atoms with van der Waals surface area (Å²) in [5, 5.41) is 4.84. The Hall–Kier alpha value is -1.03. The number of benzene rings is 1. The maximum Gasteiger partial charge on any atom is 0.123 e. The topological polar surface area (TPSA) is 35.2 Å². The molecular formula is C13H14ClNOS. The van der Waals surface area contributed by atoms with E-state index in [1.54, 1.807) is 24.5 Å². The summed E-state index contributed by atoms with van der Waals surface area (Å²) in [6.45, 7) is 0. The predicted octanol–water partition coefficient (Wildman–Crippen LogP) is 3.65. The van der Waals surface area contributed by atoms with Crippen molar-refractivity contribution in [3.05, 3.63) is 51.2 Å². The Bertz CT molecular complexity index is 484. The van der Waals surface area contributed by atoms with Gasteiger partial charge in [0.2, 0.25) is 0 Å². The molecule has 2 aromatic rings. The van der Waals surface area contributed by atoms with Crippen molar-refractivity contribution in [2.24, 2.45) is 5.73 Å². The molecule has 1 aromatic heterocycles. The summed E-state index contributed by atoms with van der Waals surface area (Å²) in [7, 11) is 1.64. The van der Waals surface area contributed by atoms with E-state index in [-0.39, 0.29) is 6.04 Å². The third-order valence-corrected chi connectivity index (χ3v) is 3.59. The summed E-state index contributed by atoms with van der Waals surface area (Å²) < 4.78 is 5.30. The van der Waals surface area contributed by atoms with Crippen molar-refractivity contribution in [3.63, 3.8) is 0 Å². The molecule has 1 heterocycles. The average Bonchev–Trinajstić information content (AvgIpc) is 2.81. The summed E-state index contributed by atoms with van der Waals surface area (Å²) >= 11 is 7.67. The first-order valence-corrected chi connectivity index (χ1v) is 6.63. The van der Waals surface area contributed by atoms with Crippen LogP contribution in [-0.2, 0) is 6.42 Å². The molecule has 4 heteroatoms. The van der Waals surface area contributed by atoms with Gasteiger partial charge in [-0.2, -0.15) is 11.3 Å². The normalized spacial score (nSPS) is 12.4. The van der Waals surface area contributed by atoms with E-state index in [0.29, 0.717) is 5.02 Å². The van der Waals surface area contributed by atoms with Crippen molar-refractivity contribution in [2.75, 3.05) is 7.11 Å². The maximum atomic E-state index is 6.20. The SMILES string of the molecule is COc1ccc(Cl)cc1C(N)Cc1ccsc1. The van der Waals surface area contributed by atoms with Gasteiger partial charge in [0.05, 0.1) is 7.11 Å². The standard InChI is InChI=1S/C13H14ClNOS/c1-16-13-3-2-10(14)7-11(13)12(15)6-9-4-5-17-8-9/h2-5,7-8,12H,6,15H2,1H3. The van der Waals surface area contributed by atoms with Gasteiger partial charge in [0.25, 0.3) is 0 Å². The van der Waals surface area contributed by atoms with Crippen LogP contribution in [0.5, 0.6) is 5.75 Å². The minimum Gasteiger partial charge on any atom is -0.496 e. The Morgan fingerprint density at radius 3 is 2.88 bits per heavy atom. The van der Waals surface area contributed by atoms with Gasteiger partial charge in [-0.15, -0.1) is 0 Å². The fourth-order valence-corrected chi connectivity index (χ4v) is 2.63. The number of hydrogen-bond acceptors (Lipinski definition) is 3. The van der Waals surface area contributed by atoms with Gasteiger partial charge in [-0.3, -0.25) is 0 Å². The fraction of sp³-hybridized carbons (Fsp3) is 0.231. The lowest BCUT2D eigenvalue weighted by Gasteiger charge is -2.15. The second-order valence-corrected chi connectivity index (χ2v) is 5.04. The van der Waals surface area contributed by atoms with E-state index in [1.165, 1.54) is 5.56 Å². The molecule has 0 saturated heterocycles. The second kappa shape index (κ2) is 5.54. The van der Waals surface area contributed by atoms with Crippen molar-refractivity contribution in [3.8, 4) is 5.75 Å². The van der Waals surface area contributed by atoms with Gasteiger partial charge in [0.15, 0.2) is 0 Å². The second-order valence-electron chi connectivity index (χ2n) is 3.83. The van der Waals surface area contributed by atoms with E-state index in [2.05, 4.69) is 16.8 Å². The van der Waals surface area contributed by atoms with Crippen LogP contribution in [-0.4, -0.2) is 7.11 Å². The van der Waals surface area contributed by atoms with Crippen LogP contribution in [0.15, 0.2) is 35.0 Å². The van der Waals surface area contributed by atoms with E-state index < -0.39 is 0 Å². The van der Waals surface area contributed by atoms with Crippen LogP contribution in [0.25, 0.3) is 0 Å². The first-order valence-electron chi connectivity index (χ1n) is 5.31. The van der Waals surface area contributed by atoms with Gasteiger partial charge in [-0.25, -0.2) is 0 Å². The lowest BCUT2D eigenvalue weighted by atomic mass is 10.0. The first-order chi connectivity index (χ1) is 8.20. The molecule has 0 aliphatic heterocycles. The van der Waals surface area contributed by atoms with Gasteiger partial charge in [-0.05, 0) is 47.0 Å². The molecule has 0 bridgehead atoms. The zero-order chi connectivity index (χ0) is 12.3. The van der Waals surface area contributed by atoms with Crippen LogP contribution >= 0.6 is 22.9 Å². The highest BCUT2D eigenvalue weighted by molar-refractivity contribution is 7.07. The first kappa shape index (κ1) is 12.4. The van der Waals surface area contributed by atoms with Crippen LogP contribution < -0.4 is 10.5 Å². The Morgan fingerprint density at radius 1 is 1.41 bits per heavy atom. The van der Waals surface area contributed by atoms with Crippen LogP contribution in [0.1, 0.15) is 17.2 Å². The monoisotopic (exact) mass is 267 g/mol. The van der Waals surface area contributed by atoms with Crippen molar-refractivity contribution in [1.82, 2.24) is 0 Å². The smallest absolute Gasteiger partial charge is 0.123 e. The minimum atomic E-state index is -0.0988. The van der Waals surface area contributed by atoms with Gasteiger partial charge < -0.3 is 10.5 Å². The third kappa shape index (κ3) is 3.00. The number of methoxy groups -OCH3 is 1. The Balaban J connectivity index is 2.23. The van der Waals surface area contributed by atoms with Crippen LogP contribution in [0.2, 0.25) is 5.02 Å². The van der Waals surface area contributed by atoms with E-state index in [4.69, 9.17) is 22.1 Å². The van der Waals surface area contributed by atoms with Gasteiger partial charge in [0.1, 0.15) is 5.75 Å². The lowest BCUT2D eigenvalue weighted by molar-refractivity contribution is 0.405. The minimum absolute atomic E-state index is 0.0988. The summed E-state index contributed by atoms with van der Waals surface area (Å²) in [6, 6.07) is 7.52. The molecule has 0 radical (unpaired) electrons. The molecule has 2 rings (SSSR count). The molecule has 0 amide bonds. The lowest BCUT2D eigenvalue weighted by Crippen LogP contribution is -2.14. The van der Waals surface area contributed by atoms with Gasteiger partial charge in [-0.1, -0.05) is 11.6 Å². The zero-order valence-electron chi connectivity index (χ0n) is 9.52. The zero-order valence-corrected chi connectivity index (χ0v) is 11.1. The fourth-order valence-electron chi connectivity index (χ4n) is 1.77. The van der Waals surface area contributed by atoms with Gasteiger partial charge in [0, 0.05) is 16.6 Å². The number of nitrogens with two attached hydrogens (primary N) is 1. The predicted molar refractivity (Wildman–Crippen MR) is 73.0 cm³/mol. The number of rotatable bonds is 4. The van der Waals surface area contributed by atoms with Crippen LogP contribution in [0, 0.1) is 0 Å². The highest BCUT2D eigenvalue weighted by Gasteiger charge is 2.13. The Morgan fingerprint density at radius 2 is 2.24 bits per heavy atom. The molecule has 17 heavy (non-hydrogen) atoms. The highest BCUT2D eigenvalue weighted by Crippen LogP contribution is 2.29. The maximum absolute atomic E-state index is 6.20. The molecule has 0 saturated carbocycles. The van der Waals surface area contributed by atoms with E-state index in [9.17, 15) is 0 Å². The van der Waals surface area contributed by atoms with E-state index in [1.807, 2.05) is 12.1 Å². The summed E-state index contributed by atoms with van der Waals surface area (Å²) in [4.78, 5) is 0. The highest BCUT2D eigenvalue weighted by atomic mass is 35.5. The van der Waals surface area contributed by atoms with Gasteiger partial charge >= 0.3 is 0 Å². The average molecular weight is 268 g/mol. The molecule has 1 aromatic carbocycles. The van der Waals surface area contributed by atoms with E-state index >= 15 is 0 Å². The van der Waals surface area contributed by atoms with Crippen LogP contribution in [0.3, 0.4) is 0 Å². The number of halogens is 1. The molecular weight excluding hydrogens is 254 g/mol. The summed E-state index contributed by atoms with van der Waals surface area (Å²) in [6.07, 6.45) is 0.792. The quantitative estimate of drug-likeness (QED) is 0.918. The molecule has 1 unspecified atom stereocenters. The molecule has 0 aliphatic rings. The molecule has 90 valence electrons. The van der Waals surface area contributed by atoms with E-state index in [0.717, 1.165) is 17.7 Å². The van der Waals surface area contributed by atoms with Crippen LogP contribution in [0.4, 0.5) is 0 Å². The molecule has 0 fully saturated rings. The number of hydrogen-bond donors (Lipinski definition) is 1. The molecule has 2 N–H and O–H groups in total. The van der Waals surface area contributed by atoms with Crippen molar-refractivity contribution in [1.29, 1.82) is 0 Å². The molecule has 0 aliphatic carbocycles. The third-order valence-electron chi connectivity index (χ3n) is 2.63. The van der Waals surface area contributed by atoms with Crippen molar-refractivity contribution >= 4 is 22.9 Å². The molecule has 2 nitrogen and oxygen atoms in total. The Kier molecular flexibility index (Phi) is 4.05. The number of ether oxygens (including phenoxy) is 1. The Labute approximate surface area is 110 Å². The summed E-state index contributed by atoms with van der Waals surface area (Å²) in [5.41, 5.74) is 8.39. The number of thiophene rings is 1.